The second-order valence-corrected chi connectivity index (χ2v) is 5.64. The molecule has 1 fully saturated rings. The molecule has 2 atom stereocenters. The van der Waals surface area contributed by atoms with Gasteiger partial charge in [-0.25, -0.2) is 0 Å². The van der Waals surface area contributed by atoms with Crippen LogP contribution in [0.2, 0.25) is 0 Å². The van der Waals surface area contributed by atoms with Gasteiger partial charge in [0.25, 0.3) is 0 Å². The molecule has 1 heterocycles. The molecule has 6 heteroatoms. The molecule has 1 aliphatic heterocycles. The number of hydrogen-bond donors (Lipinski definition) is 1. The lowest BCUT2D eigenvalue weighted by Gasteiger charge is -2.36. The molecule has 1 aromatic rings. The van der Waals surface area contributed by atoms with Gasteiger partial charge in [0.1, 0.15) is 6.54 Å². The number of carboxylic acids is 1. The highest BCUT2D eigenvalue weighted by molar-refractivity contribution is 5.84. The maximum Gasteiger partial charge on any atom is 0.323 e. The normalized spacial score (nSPS) is 21.5. The number of aliphatic carboxylic acids is 1. The van der Waals surface area contributed by atoms with Crippen LogP contribution in [-0.4, -0.2) is 60.3 Å². The molecule has 0 unspecified atom stereocenters. The van der Waals surface area contributed by atoms with Crippen molar-refractivity contribution in [2.45, 2.75) is 26.1 Å². The summed E-state index contributed by atoms with van der Waals surface area (Å²) in [6.07, 6.45) is -0.00491. The Balaban J connectivity index is 2.06. The number of hydrogen-bond acceptors (Lipinski definition) is 4. The molecule has 22 heavy (non-hydrogen) atoms. The highest BCUT2D eigenvalue weighted by Gasteiger charge is 2.27. The topological polar surface area (TPSA) is 70.1 Å². The highest BCUT2D eigenvalue weighted by atomic mass is 16.5. The van der Waals surface area contributed by atoms with Crippen LogP contribution in [0.3, 0.4) is 0 Å². The average molecular weight is 306 g/mol. The van der Waals surface area contributed by atoms with E-state index in [0.29, 0.717) is 13.1 Å². The van der Waals surface area contributed by atoms with E-state index >= 15 is 0 Å². The van der Waals surface area contributed by atoms with Gasteiger partial charge in [0, 0.05) is 18.8 Å². The van der Waals surface area contributed by atoms with Crippen LogP contribution in [0.5, 0.6) is 0 Å². The van der Waals surface area contributed by atoms with E-state index in [9.17, 15) is 9.59 Å². The molecule has 0 saturated carbocycles. The van der Waals surface area contributed by atoms with Gasteiger partial charge in [-0.2, -0.15) is 0 Å². The van der Waals surface area contributed by atoms with Crippen molar-refractivity contribution < 1.29 is 19.4 Å². The molecule has 1 aromatic carbocycles. The summed E-state index contributed by atoms with van der Waals surface area (Å²) >= 11 is 0. The van der Waals surface area contributed by atoms with Gasteiger partial charge in [-0.15, -0.1) is 0 Å². The van der Waals surface area contributed by atoms with E-state index in [1.807, 2.05) is 32.0 Å². The molecule has 120 valence electrons. The third kappa shape index (κ3) is 4.46. The minimum Gasteiger partial charge on any atom is -0.480 e. The lowest BCUT2D eigenvalue weighted by Crippen LogP contribution is -2.51. The fraction of sp³-hybridized carbons (Fsp3) is 0.500. The summed E-state index contributed by atoms with van der Waals surface area (Å²) in [5, 5.41) is 9.07. The first-order valence-electron chi connectivity index (χ1n) is 7.40. The van der Waals surface area contributed by atoms with Crippen molar-refractivity contribution in [3.05, 3.63) is 30.3 Å². The van der Waals surface area contributed by atoms with Crippen molar-refractivity contribution >= 4 is 17.6 Å². The standard InChI is InChI=1S/C16H22N2O4/c1-12-8-18(9-13(2)22-12)15(19)10-17(11-16(20)21)14-6-4-3-5-7-14/h3-7,12-13H,8-11H2,1-2H3,(H,20,21)/t12-,13+. The molecular formula is C16H22N2O4. The molecule has 1 saturated heterocycles. The van der Waals surface area contributed by atoms with Crippen molar-refractivity contribution in [3.8, 4) is 0 Å². The van der Waals surface area contributed by atoms with Crippen LogP contribution in [0.25, 0.3) is 0 Å². The Labute approximate surface area is 130 Å². The second kappa shape index (κ2) is 7.26. The quantitative estimate of drug-likeness (QED) is 0.885. The summed E-state index contributed by atoms with van der Waals surface area (Å²) in [5.41, 5.74) is 0.729. The van der Waals surface area contributed by atoms with Crippen LogP contribution in [0, 0.1) is 0 Å². The summed E-state index contributed by atoms with van der Waals surface area (Å²) in [5.74, 6) is -1.03. The largest absolute Gasteiger partial charge is 0.480 e. The molecule has 0 radical (unpaired) electrons. The highest BCUT2D eigenvalue weighted by Crippen LogP contribution is 2.15. The first-order chi connectivity index (χ1) is 10.5. The maximum atomic E-state index is 12.5. The molecule has 2 rings (SSSR count). The Hall–Kier alpha value is -2.08. The number of benzene rings is 1. The number of para-hydroxylation sites is 1. The molecule has 1 aliphatic rings. The molecule has 1 amide bonds. The lowest BCUT2D eigenvalue weighted by molar-refractivity contribution is -0.141. The Morgan fingerprint density at radius 2 is 1.77 bits per heavy atom. The van der Waals surface area contributed by atoms with Gasteiger partial charge >= 0.3 is 5.97 Å². The summed E-state index contributed by atoms with van der Waals surface area (Å²) in [4.78, 5) is 26.9. The van der Waals surface area contributed by atoms with E-state index in [1.165, 1.54) is 0 Å². The summed E-state index contributed by atoms with van der Waals surface area (Å²) in [6, 6.07) is 9.12. The van der Waals surface area contributed by atoms with Crippen molar-refractivity contribution in [1.82, 2.24) is 4.90 Å². The second-order valence-electron chi connectivity index (χ2n) is 5.64. The number of carbonyl (C=O) groups is 2. The number of nitrogens with zero attached hydrogens (tertiary/aromatic N) is 2. The predicted octanol–water partition coefficient (Wildman–Crippen LogP) is 1.21. The van der Waals surface area contributed by atoms with Crippen molar-refractivity contribution in [3.63, 3.8) is 0 Å². The third-order valence-corrected chi connectivity index (χ3v) is 3.55. The maximum absolute atomic E-state index is 12.5. The van der Waals surface area contributed by atoms with Crippen LogP contribution >= 0.6 is 0 Å². The van der Waals surface area contributed by atoms with Crippen LogP contribution in [-0.2, 0) is 14.3 Å². The zero-order valence-electron chi connectivity index (χ0n) is 12.9. The van der Waals surface area contributed by atoms with Gasteiger partial charge in [0.2, 0.25) is 5.91 Å². The molecular weight excluding hydrogens is 284 g/mol. The first kappa shape index (κ1) is 16.3. The molecule has 0 bridgehead atoms. The lowest BCUT2D eigenvalue weighted by atomic mass is 10.2. The molecule has 6 nitrogen and oxygen atoms in total. The number of morpholine rings is 1. The molecule has 0 aliphatic carbocycles. The zero-order valence-corrected chi connectivity index (χ0v) is 12.9. The number of rotatable bonds is 5. The molecule has 0 aromatic heterocycles. The van der Waals surface area contributed by atoms with E-state index in [4.69, 9.17) is 9.84 Å². The van der Waals surface area contributed by atoms with Crippen molar-refractivity contribution in [1.29, 1.82) is 0 Å². The van der Waals surface area contributed by atoms with Gasteiger partial charge in [0.15, 0.2) is 0 Å². The minimum absolute atomic E-state index is 0.00245. The van der Waals surface area contributed by atoms with Crippen molar-refractivity contribution in [2.24, 2.45) is 0 Å². The van der Waals surface area contributed by atoms with E-state index in [1.54, 1.807) is 21.9 Å². The van der Waals surface area contributed by atoms with E-state index < -0.39 is 5.97 Å². The zero-order chi connectivity index (χ0) is 16.1. The van der Waals surface area contributed by atoms with E-state index in [2.05, 4.69) is 0 Å². The van der Waals surface area contributed by atoms with Crippen LogP contribution in [0.1, 0.15) is 13.8 Å². The first-order valence-corrected chi connectivity index (χ1v) is 7.40. The number of carbonyl (C=O) groups excluding carboxylic acids is 1. The molecule has 0 spiro atoms. The van der Waals surface area contributed by atoms with Crippen LogP contribution in [0.4, 0.5) is 5.69 Å². The number of amides is 1. The third-order valence-electron chi connectivity index (χ3n) is 3.55. The number of anilines is 1. The summed E-state index contributed by atoms with van der Waals surface area (Å²) < 4.78 is 5.62. The van der Waals surface area contributed by atoms with E-state index in [-0.39, 0.29) is 31.2 Å². The Bertz CT molecular complexity index is 510. The van der Waals surface area contributed by atoms with Crippen molar-refractivity contribution in [2.75, 3.05) is 31.1 Å². The predicted molar refractivity (Wildman–Crippen MR) is 82.9 cm³/mol. The number of ether oxygens (including phenoxy) is 1. The van der Waals surface area contributed by atoms with Gasteiger partial charge in [-0.05, 0) is 26.0 Å². The Morgan fingerprint density at radius 1 is 1.18 bits per heavy atom. The Morgan fingerprint density at radius 3 is 2.32 bits per heavy atom. The smallest absolute Gasteiger partial charge is 0.323 e. The monoisotopic (exact) mass is 306 g/mol. The molecule has 1 N–H and O–H groups in total. The van der Waals surface area contributed by atoms with E-state index in [0.717, 1.165) is 5.69 Å². The average Bonchev–Trinajstić information content (AvgIpc) is 2.46. The summed E-state index contributed by atoms with van der Waals surface area (Å²) in [7, 11) is 0. The number of carboxylic acid groups (broad SMARTS) is 1. The fourth-order valence-electron chi connectivity index (χ4n) is 2.69. The van der Waals surface area contributed by atoms with Gasteiger partial charge in [-0.1, -0.05) is 18.2 Å². The fourth-order valence-corrected chi connectivity index (χ4v) is 2.69. The SMILES string of the molecule is C[C@@H]1CN(C(=O)CN(CC(=O)O)c2ccccc2)C[C@H](C)O1. The van der Waals surface area contributed by atoms with Gasteiger partial charge in [-0.3, -0.25) is 9.59 Å². The van der Waals surface area contributed by atoms with Gasteiger partial charge < -0.3 is 19.6 Å². The minimum atomic E-state index is -0.958. The summed E-state index contributed by atoms with van der Waals surface area (Å²) in [6.45, 7) is 4.79. The van der Waals surface area contributed by atoms with Crippen LogP contribution in [0.15, 0.2) is 30.3 Å². The Kier molecular flexibility index (Phi) is 5.38. The van der Waals surface area contributed by atoms with Crippen LogP contribution < -0.4 is 4.90 Å². The van der Waals surface area contributed by atoms with Gasteiger partial charge in [0.05, 0.1) is 18.8 Å².